The number of aromatic nitrogens is 1. The number of amides is 1. The lowest BCUT2D eigenvalue weighted by molar-refractivity contribution is -0.127. The van der Waals surface area contributed by atoms with Gasteiger partial charge in [-0.05, 0) is 32.4 Å². The van der Waals surface area contributed by atoms with Gasteiger partial charge in [-0.3, -0.25) is 4.79 Å². The normalized spacial score (nSPS) is 11.4. The van der Waals surface area contributed by atoms with Crippen LogP contribution in [0.3, 0.4) is 0 Å². The zero-order valence-corrected chi connectivity index (χ0v) is 16.8. The van der Waals surface area contributed by atoms with E-state index >= 15 is 0 Å². The molecule has 8 heteroatoms. The third kappa shape index (κ3) is 6.13. The van der Waals surface area contributed by atoms with Crippen molar-refractivity contribution in [2.75, 3.05) is 33.7 Å². The second-order valence-electron chi connectivity index (χ2n) is 5.68. The van der Waals surface area contributed by atoms with Crippen molar-refractivity contribution >= 4 is 34.5 Å². The van der Waals surface area contributed by atoms with Crippen molar-refractivity contribution in [3.8, 4) is 10.6 Å². The van der Waals surface area contributed by atoms with Crippen molar-refractivity contribution in [3.63, 3.8) is 0 Å². The maximum Gasteiger partial charge on any atom is 0.243 e. The van der Waals surface area contributed by atoms with Crippen LogP contribution in [0.25, 0.3) is 10.6 Å². The topological polar surface area (TPSA) is 69.6 Å². The van der Waals surface area contributed by atoms with Crippen LogP contribution in [0.1, 0.15) is 16.8 Å². The van der Waals surface area contributed by atoms with E-state index in [2.05, 4.69) is 38.1 Å². The van der Waals surface area contributed by atoms with Gasteiger partial charge in [0, 0.05) is 37.4 Å². The number of thiazole rings is 1. The molecule has 0 fully saturated rings. The Morgan fingerprint density at radius 1 is 1.32 bits per heavy atom. The molecule has 2 N–H and O–H groups in total. The molecule has 2 rings (SSSR count). The summed E-state index contributed by atoms with van der Waals surface area (Å²) in [7, 11) is 3.47. The lowest BCUT2D eigenvalue weighted by atomic mass is 10.3. The summed E-state index contributed by atoms with van der Waals surface area (Å²) in [6, 6.07) is 4.28. The van der Waals surface area contributed by atoms with Crippen molar-refractivity contribution in [1.29, 1.82) is 0 Å². The first-order chi connectivity index (χ1) is 12.0. The average Bonchev–Trinajstić information content (AvgIpc) is 3.21. The third-order valence-corrected chi connectivity index (χ3v) is 5.35. The number of guanidine groups is 1. The number of nitrogens with zero attached hydrogens (tertiary/aromatic N) is 3. The van der Waals surface area contributed by atoms with Gasteiger partial charge in [0.15, 0.2) is 5.96 Å². The minimum atomic E-state index is -0.0151. The molecule has 0 aliphatic heterocycles. The van der Waals surface area contributed by atoms with E-state index < -0.39 is 0 Å². The van der Waals surface area contributed by atoms with E-state index in [9.17, 15) is 4.79 Å². The van der Waals surface area contributed by atoms with Crippen molar-refractivity contribution in [1.82, 2.24) is 20.5 Å². The fourth-order valence-corrected chi connectivity index (χ4v) is 3.72. The van der Waals surface area contributed by atoms with Crippen LogP contribution in [0.5, 0.6) is 0 Å². The highest BCUT2D eigenvalue weighted by Gasteiger charge is 2.07. The van der Waals surface area contributed by atoms with Gasteiger partial charge in [-0.25, -0.2) is 9.98 Å². The maximum absolute atomic E-state index is 11.6. The van der Waals surface area contributed by atoms with E-state index in [1.807, 2.05) is 13.8 Å². The molecule has 6 nitrogen and oxygen atoms in total. The van der Waals surface area contributed by atoms with E-state index in [0.717, 1.165) is 30.2 Å². The molecule has 136 valence electrons. The molecule has 0 unspecified atom stereocenters. The van der Waals surface area contributed by atoms with E-state index in [-0.39, 0.29) is 12.5 Å². The summed E-state index contributed by atoms with van der Waals surface area (Å²) in [5.41, 5.74) is 1.06. The number of likely N-dealkylation sites (N-methyl/N-ethyl adjacent to an activating group) is 1. The molecule has 0 saturated heterocycles. The second-order valence-corrected chi connectivity index (χ2v) is 7.91. The Morgan fingerprint density at radius 2 is 2.12 bits per heavy atom. The van der Waals surface area contributed by atoms with Gasteiger partial charge in [0.05, 0.1) is 15.6 Å². The summed E-state index contributed by atoms with van der Waals surface area (Å²) in [6.45, 7) is 5.70. The van der Waals surface area contributed by atoms with Crippen LogP contribution in [0.4, 0.5) is 0 Å². The van der Waals surface area contributed by atoms with Gasteiger partial charge in [0.1, 0.15) is 6.54 Å². The highest BCUT2D eigenvalue weighted by molar-refractivity contribution is 7.16. The van der Waals surface area contributed by atoms with Gasteiger partial charge >= 0.3 is 0 Å². The summed E-state index contributed by atoms with van der Waals surface area (Å²) in [4.78, 5) is 24.5. The Kier molecular flexibility index (Phi) is 7.39. The highest BCUT2D eigenvalue weighted by Crippen LogP contribution is 2.29. The zero-order valence-electron chi connectivity index (χ0n) is 15.1. The molecule has 0 saturated carbocycles. The molecular formula is C17H25N5OS2. The van der Waals surface area contributed by atoms with Crippen molar-refractivity contribution in [2.45, 2.75) is 20.3 Å². The first kappa shape index (κ1) is 19.4. The number of thiophene rings is 1. The first-order valence-corrected chi connectivity index (χ1v) is 9.92. The predicted octanol–water partition coefficient (Wildman–Crippen LogP) is 2.37. The molecular weight excluding hydrogens is 354 g/mol. The molecule has 0 bridgehead atoms. The van der Waals surface area contributed by atoms with Gasteiger partial charge < -0.3 is 15.5 Å². The van der Waals surface area contributed by atoms with Crippen LogP contribution in [-0.2, 0) is 11.2 Å². The number of carbonyl (C=O) groups is 1. The largest absolute Gasteiger partial charge is 0.357 e. The lowest BCUT2D eigenvalue weighted by Gasteiger charge is -2.12. The molecule has 2 aromatic heterocycles. The molecule has 0 aliphatic rings. The summed E-state index contributed by atoms with van der Waals surface area (Å²) >= 11 is 3.44. The molecule has 0 spiro atoms. The number of nitrogens with one attached hydrogen (secondary N) is 2. The van der Waals surface area contributed by atoms with Crippen molar-refractivity contribution in [2.24, 2.45) is 4.99 Å². The second kappa shape index (κ2) is 9.53. The summed E-state index contributed by atoms with van der Waals surface area (Å²) < 4.78 is 0. The maximum atomic E-state index is 11.6. The third-order valence-electron chi connectivity index (χ3n) is 3.41. The Labute approximate surface area is 157 Å². The van der Waals surface area contributed by atoms with Crippen LogP contribution >= 0.6 is 22.7 Å². The predicted molar refractivity (Wildman–Crippen MR) is 107 cm³/mol. The summed E-state index contributed by atoms with van der Waals surface area (Å²) in [5.74, 6) is 0.656. The summed E-state index contributed by atoms with van der Waals surface area (Å²) in [6.07, 6.45) is 0.903. The molecule has 1 amide bonds. The van der Waals surface area contributed by atoms with Gasteiger partial charge in [0.2, 0.25) is 5.91 Å². The Morgan fingerprint density at radius 3 is 2.76 bits per heavy atom. The average molecular weight is 380 g/mol. The standard InChI is InChI=1S/C17H25N5OS2/c1-5-18-17(20-10-16(23)22(3)4)19-9-8-13-6-7-15(25-13)14-11-24-12(2)21-14/h6-7,11H,5,8-10H2,1-4H3,(H2,18,19,20). The van der Waals surface area contributed by atoms with E-state index in [0.29, 0.717) is 5.96 Å². The molecule has 0 radical (unpaired) electrons. The van der Waals surface area contributed by atoms with E-state index in [4.69, 9.17) is 0 Å². The van der Waals surface area contributed by atoms with Crippen molar-refractivity contribution < 1.29 is 4.79 Å². The SMILES string of the molecule is CCNC(=NCC(=O)N(C)C)NCCc1ccc(-c2csc(C)n2)s1. The van der Waals surface area contributed by atoms with Crippen LogP contribution in [0.15, 0.2) is 22.5 Å². The number of carbonyl (C=O) groups excluding carboxylic acids is 1. The van der Waals surface area contributed by atoms with Crippen molar-refractivity contribution in [3.05, 3.63) is 27.4 Å². The van der Waals surface area contributed by atoms with Crippen LogP contribution < -0.4 is 10.6 Å². The van der Waals surface area contributed by atoms with Gasteiger partial charge in [-0.1, -0.05) is 0 Å². The fourth-order valence-electron chi connectivity index (χ4n) is 2.06. The monoisotopic (exact) mass is 379 g/mol. The Bertz CT molecular complexity index is 720. The molecule has 0 aromatic carbocycles. The van der Waals surface area contributed by atoms with Crippen LogP contribution in [0, 0.1) is 6.92 Å². The van der Waals surface area contributed by atoms with Gasteiger partial charge in [-0.2, -0.15) is 0 Å². The molecule has 0 aliphatic carbocycles. The number of hydrogen-bond donors (Lipinski definition) is 2. The van der Waals surface area contributed by atoms with E-state index in [1.54, 1.807) is 41.7 Å². The van der Waals surface area contributed by atoms with E-state index in [1.165, 1.54) is 9.75 Å². The number of hydrogen-bond acceptors (Lipinski definition) is 5. The van der Waals surface area contributed by atoms with Gasteiger partial charge in [0.25, 0.3) is 0 Å². The molecule has 25 heavy (non-hydrogen) atoms. The Hall–Kier alpha value is -1.93. The lowest BCUT2D eigenvalue weighted by Crippen LogP contribution is -2.39. The summed E-state index contributed by atoms with van der Waals surface area (Å²) in [5, 5.41) is 9.62. The van der Waals surface area contributed by atoms with Crippen LogP contribution in [-0.4, -0.2) is 55.5 Å². The highest BCUT2D eigenvalue weighted by atomic mass is 32.1. The molecule has 2 aromatic rings. The Balaban J connectivity index is 1.86. The number of aliphatic imine (C=N–C) groups is 1. The zero-order chi connectivity index (χ0) is 18.2. The number of aryl methyl sites for hydroxylation is 1. The number of rotatable bonds is 7. The molecule has 2 heterocycles. The minimum Gasteiger partial charge on any atom is -0.357 e. The minimum absolute atomic E-state index is 0.0151. The molecule has 0 atom stereocenters. The fraction of sp³-hybridized carbons (Fsp3) is 0.471. The smallest absolute Gasteiger partial charge is 0.243 e. The van der Waals surface area contributed by atoms with Gasteiger partial charge in [-0.15, -0.1) is 22.7 Å². The van der Waals surface area contributed by atoms with Crippen LogP contribution in [0.2, 0.25) is 0 Å². The quantitative estimate of drug-likeness (QED) is 0.572. The first-order valence-electron chi connectivity index (χ1n) is 8.23.